The summed E-state index contributed by atoms with van der Waals surface area (Å²) >= 11 is 0. The second kappa shape index (κ2) is 33.2. The van der Waals surface area contributed by atoms with Crippen LogP contribution in [0, 0.1) is 74.0 Å². The first-order chi connectivity index (χ1) is 62.7. The number of aryl methyl sites for hydroxylation is 3. The molecule has 132 heavy (non-hydrogen) atoms. The van der Waals surface area contributed by atoms with Gasteiger partial charge >= 0.3 is 0 Å². The summed E-state index contributed by atoms with van der Waals surface area (Å²) in [7, 11) is 0. The molecule has 21 heteroatoms. The third-order valence-corrected chi connectivity index (χ3v) is 28.8. The van der Waals surface area contributed by atoms with E-state index in [-0.39, 0.29) is 87.0 Å². The van der Waals surface area contributed by atoms with Crippen LogP contribution in [-0.4, -0.2) is 79.7 Å². The molecule has 6 heterocycles. The van der Waals surface area contributed by atoms with Gasteiger partial charge in [-0.2, -0.15) is 0 Å². The molecule has 3 aliphatic heterocycles. The normalized spacial score (nSPS) is 20.0. The van der Waals surface area contributed by atoms with E-state index in [9.17, 15) is 28.8 Å². The zero-order valence-corrected chi connectivity index (χ0v) is 79.6. The van der Waals surface area contributed by atoms with Gasteiger partial charge in [0.1, 0.15) is 54.2 Å². The van der Waals surface area contributed by atoms with Crippen LogP contribution in [0.15, 0.2) is 232 Å². The van der Waals surface area contributed by atoms with Crippen molar-refractivity contribution in [2.45, 2.75) is 259 Å². The molecule has 0 bridgehead atoms. The van der Waals surface area contributed by atoms with Crippen molar-refractivity contribution in [2.75, 3.05) is 14.7 Å². The molecule has 9 aliphatic rings. The number of aromatic nitrogens is 9. The van der Waals surface area contributed by atoms with Crippen molar-refractivity contribution in [2.24, 2.45) is 32.5 Å². The smallest absolute Gasteiger partial charge is 0.162 e. The maximum atomic E-state index is 14.8. The predicted molar refractivity (Wildman–Crippen MR) is 510 cm³/mol. The van der Waals surface area contributed by atoms with Crippen LogP contribution < -0.4 is 28.9 Å². The largest absolute Gasteiger partial charge is 0.487 e. The van der Waals surface area contributed by atoms with Gasteiger partial charge in [0.2, 0.25) is 0 Å². The average molecular weight is 1770 g/mol. The van der Waals surface area contributed by atoms with E-state index in [1.54, 1.807) is 0 Å². The van der Waals surface area contributed by atoms with Crippen LogP contribution >= 0.6 is 0 Å². The number of rotatable bonds is 21. The number of nitrogens with zero attached hydrogens (tertiary/aromatic N) is 12. The van der Waals surface area contributed by atoms with E-state index in [4.69, 9.17) is 29.9 Å². The van der Waals surface area contributed by atoms with Crippen molar-refractivity contribution in [1.82, 2.24) is 45.0 Å². The Hall–Kier alpha value is -12.8. The van der Waals surface area contributed by atoms with Crippen molar-refractivity contribution in [1.29, 1.82) is 0 Å². The standard InChI is InChI=1S/C111H120N12O9/c1-64-19-31-76(32-20-64)121-85-43-106(7,8)49-91(124)100(85)97(101-86(121)44-107(9,10)50-92(101)125)70-25-37-79(38-26-70)130-61-73-55-118(115-112-73)58-82-67(4)83(59-119-56-74(113-116-119)62-131-80-39-27-71(28-40-80)98-102-87(45-108(11,12)51-93(102)126)122(77-33-21-65(2)22-34-77)88-46-109(13,14)52-94(127)103(88)98)69(6)84(68(82)5)60-120-57-75(114-117-120)63-132-81-41-29-72(30-42-81)99-104-89(47-110(15,16)53-95(104)128)123(78-35-23-66(3)24-36-78)90-48-111(17,18)54-96(129)105(90)99/h19-42,55-57,97-99H,43-54,58-63H2,1-18H3. The van der Waals surface area contributed by atoms with E-state index in [0.29, 0.717) is 164 Å². The number of ether oxygens (including phenoxy) is 3. The number of carbonyl (C=O) groups is 6. The summed E-state index contributed by atoms with van der Waals surface area (Å²) in [6, 6.07) is 48.9. The topological polar surface area (TPSA) is 232 Å². The van der Waals surface area contributed by atoms with Gasteiger partial charge in [0, 0.05) is 141 Å². The summed E-state index contributed by atoms with van der Waals surface area (Å²) in [5.74, 6) is 0.727. The summed E-state index contributed by atoms with van der Waals surface area (Å²) in [6.07, 6.45) is 12.2. The molecule has 0 saturated heterocycles. The average Bonchev–Trinajstić information content (AvgIpc) is 0.761. The number of benzene rings is 7. The highest BCUT2D eigenvalue weighted by atomic mass is 16.5. The van der Waals surface area contributed by atoms with Crippen LogP contribution in [0.2, 0.25) is 0 Å². The van der Waals surface area contributed by atoms with Crippen LogP contribution in [-0.2, 0) is 68.2 Å². The molecule has 0 fully saturated rings. The van der Waals surface area contributed by atoms with Crippen molar-refractivity contribution < 1.29 is 43.0 Å². The first kappa shape index (κ1) is 88.5. The monoisotopic (exact) mass is 1760 g/mol. The Kier molecular flexibility index (Phi) is 22.3. The Balaban J connectivity index is 0.587. The molecule has 0 radical (unpaired) electrons. The van der Waals surface area contributed by atoms with Gasteiger partial charge in [-0.3, -0.25) is 28.8 Å². The molecule has 7 aromatic carbocycles. The molecule has 6 aliphatic carbocycles. The number of hydrogen-bond acceptors (Lipinski definition) is 18. The first-order valence-corrected chi connectivity index (χ1v) is 46.8. The molecule has 0 amide bonds. The first-order valence-electron chi connectivity index (χ1n) is 46.8. The fourth-order valence-corrected chi connectivity index (χ4v) is 22.7. The Morgan fingerprint density at radius 2 is 0.470 bits per heavy atom. The van der Waals surface area contributed by atoms with Gasteiger partial charge in [0.25, 0.3) is 0 Å². The van der Waals surface area contributed by atoms with Gasteiger partial charge in [0.15, 0.2) is 34.7 Å². The molecule has 0 spiro atoms. The molecule has 19 rings (SSSR count). The number of Topliss-reactive ketones (excluding diaryl/α,β-unsaturated/α-hetero) is 6. The lowest BCUT2D eigenvalue weighted by Gasteiger charge is -2.49. The number of ketones is 6. The minimum atomic E-state index is -0.515. The lowest BCUT2D eigenvalue weighted by molar-refractivity contribution is -0.120. The highest BCUT2D eigenvalue weighted by Gasteiger charge is 2.54. The van der Waals surface area contributed by atoms with Gasteiger partial charge < -0.3 is 28.9 Å². The quantitative estimate of drug-likeness (QED) is 0.0650. The van der Waals surface area contributed by atoms with Gasteiger partial charge in [-0.25, -0.2) is 14.0 Å². The molecule has 0 atom stereocenters. The van der Waals surface area contributed by atoms with Crippen molar-refractivity contribution in [3.8, 4) is 17.2 Å². The molecular formula is C111H120N12O9. The van der Waals surface area contributed by atoms with Gasteiger partial charge in [0.05, 0.1) is 38.2 Å². The second-order valence-electron chi connectivity index (χ2n) is 43.7. The maximum absolute atomic E-state index is 14.8. The van der Waals surface area contributed by atoms with Crippen LogP contribution in [0.4, 0.5) is 17.1 Å². The summed E-state index contributed by atoms with van der Waals surface area (Å²) in [5, 5.41) is 28.1. The van der Waals surface area contributed by atoms with Crippen LogP contribution in [0.1, 0.15) is 262 Å². The van der Waals surface area contributed by atoms with E-state index in [1.807, 2.05) is 105 Å². The van der Waals surface area contributed by atoms with Crippen molar-refractivity contribution in [3.63, 3.8) is 0 Å². The van der Waals surface area contributed by atoms with Crippen LogP contribution in [0.25, 0.3) is 0 Å². The van der Waals surface area contributed by atoms with E-state index in [1.165, 1.54) is 0 Å². The van der Waals surface area contributed by atoms with Gasteiger partial charge in [-0.05, 0) is 235 Å². The summed E-state index contributed by atoms with van der Waals surface area (Å²) in [5.41, 5.74) is 25.5. The zero-order chi connectivity index (χ0) is 92.9. The summed E-state index contributed by atoms with van der Waals surface area (Å²) in [4.78, 5) is 95.3. The minimum Gasteiger partial charge on any atom is -0.487 e. The number of carbonyl (C=O) groups excluding carboxylic acids is 6. The highest BCUT2D eigenvalue weighted by Crippen LogP contribution is 2.61. The molecular weight excluding hydrogens is 1650 g/mol. The van der Waals surface area contributed by atoms with E-state index >= 15 is 0 Å². The van der Waals surface area contributed by atoms with E-state index in [0.717, 1.165) is 118 Å². The third-order valence-electron chi connectivity index (χ3n) is 28.8. The third kappa shape index (κ3) is 17.0. The molecule has 0 saturated carbocycles. The Labute approximate surface area is 774 Å². The molecule has 0 N–H and O–H groups in total. The van der Waals surface area contributed by atoms with Gasteiger partial charge in [-0.15, -0.1) is 15.3 Å². The molecule has 0 unspecified atom stereocenters. The number of anilines is 3. The van der Waals surface area contributed by atoms with Crippen LogP contribution in [0.5, 0.6) is 17.2 Å². The van der Waals surface area contributed by atoms with E-state index < -0.39 is 17.8 Å². The highest BCUT2D eigenvalue weighted by molar-refractivity contribution is 6.11. The molecule has 21 nitrogen and oxygen atoms in total. The minimum absolute atomic E-state index is 0.0754. The zero-order valence-electron chi connectivity index (χ0n) is 79.6. The fraction of sp³-hybridized carbons (Fsp3) is 0.405. The number of allylic oxidation sites excluding steroid dienone is 12. The SMILES string of the molecule is Cc1ccc(N2C3=C(C(=O)CC(C)(C)C3)C(c3ccc(OCc4cn(Cc5c(C)c(Cn6cc(COc7ccc(C8C9=C(CC(C)(C)CC9=O)N(c9ccc(C)cc9)C9=C8C(=O)CC(C)(C)C9)cc7)nn6)c(C)c(Cn6cc(COc7ccc(C8C9=C(CC(C)(C)CC9=O)N(c9ccc(C)cc9)C9=C8C(=O)CC(C)(C)C9)cc7)nn6)c5C)nn4)cc3)C3=C2CC(C)(C)CC3=O)cc1. The lowest BCUT2D eigenvalue weighted by atomic mass is 9.63. The second-order valence-corrected chi connectivity index (χ2v) is 43.7. The van der Waals surface area contributed by atoms with E-state index in [2.05, 4.69) is 227 Å². The molecule has 678 valence electrons. The van der Waals surface area contributed by atoms with Crippen molar-refractivity contribution >= 4 is 51.8 Å². The number of hydrogen-bond donors (Lipinski definition) is 0. The lowest BCUT2D eigenvalue weighted by Crippen LogP contribution is -2.44. The molecule has 10 aromatic rings. The van der Waals surface area contributed by atoms with Crippen molar-refractivity contribution in [3.05, 3.63) is 316 Å². The Morgan fingerprint density at radius 3 is 0.667 bits per heavy atom. The van der Waals surface area contributed by atoms with Gasteiger partial charge in [-0.1, -0.05) is 188 Å². The molecule has 3 aromatic heterocycles. The van der Waals surface area contributed by atoms with Crippen LogP contribution in [0.3, 0.4) is 0 Å². The summed E-state index contributed by atoms with van der Waals surface area (Å²) < 4.78 is 25.1. The Bertz CT molecular complexity index is 5820. The Morgan fingerprint density at radius 1 is 0.273 bits per heavy atom. The maximum Gasteiger partial charge on any atom is 0.162 e. The predicted octanol–water partition coefficient (Wildman–Crippen LogP) is 21.9. The fourth-order valence-electron chi connectivity index (χ4n) is 22.7. The summed E-state index contributed by atoms with van der Waals surface area (Å²) in [6.45, 7) is 40.1.